The van der Waals surface area contributed by atoms with Crippen molar-refractivity contribution in [3.63, 3.8) is 0 Å². The van der Waals surface area contributed by atoms with Gasteiger partial charge in [-0.1, -0.05) is 74.0 Å². The summed E-state index contributed by atoms with van der Waals surface area (Å²) in [7, 11) is 0. The predicted molar refractivity (Wildman–Crippen MR) is 175 cm³/mol. The van der Waals surface area contributed by atoms with Gasteiger partial charge in [0.05, 0.1) is 13.1 Å². The zero-order valence-electron chi connectivity index (χ0n) is 28.3. The second-order valence-corrected chi connectivity index (χ2v) is 15.7. The van der Waals surface area contributed by atoms with Crippen molar-refractivity contribution in [3.8, 4) is 0 Å². The molecule has 248 valence electrons. The zero-order valence-corrected chi connectivity index (χ0v) is 28.3. The van der Waals surface area contributed by atoms with Crippen LogP contribution in [0.1, 0.15) is 99.3 Å². The van der Waals surface area contributed by atoms with Crippen molar-refractivity contribution in [2.45, 2.75) is 117 Å². The number of aliphatic hydroxyl groups excluding tert-OH is 1. The van der Waals surface area contributed by atoms with Gasteiger partial charge in [-0.25, -0.2) is 0 Å². The molecule has 0 aromatic heterocycles. The Kier molecular flexibility index (Phi) is 10.5. The molecule has 4 rings (SSSR count). The minimum atomic E-state index is -0.647. The molecule has 44 heavy (non-hydrogen) atoms. The molecule has 3 amide bonds. The first-order valence-corrected chi connectivity index (χ1v) is 17.0. The first-order chi connectivity index (χ1) is 20.6. The second kappa shape index (κ2) is 13.4. The third-order valence-electron chi connectivity index (χ3n) is 11.5. The molecule has 2 unspecified atom stereocenters. The lowest BCUT2D eigenvalue weighted by molar-refractivity contribution is -0.139. The van der Waals surface area contributed by atoms with Crippen LogP contribution in [0.3, 0.4) is 0 Å². The fraction of sp³-hybridized carbons (Fsp3) is 0.800. The molecule has 0 bridgehead atoms. The van der Waals surface area contributed by atoms with Gasteiger partial charge in [0, 0.05) is 30.7 Å². The molecule has 1 spiro atoms. The van der Waals surface area contributed by atoms with E-state index in [1.807, 2.05) is 20.8 Å². The lowest BCUT2D eigenvalue weighted by Crippen LogP contribution is -2.55. The van der Waals surface area contributed by atoms with Crippen molar-refractivity contribution in [2.24, 2.45) is 28.1 Å². The summed E-state index contributed by atoms with van der Waals surface area (Å²) in [5.74, 6) is -0.187. The van der Waals surface area contributed by atoms with Crippen LogP contribution >= 0.6 is 0 Å². The summed E-state index contributed by atoms with van der Waals surface area (Å²) >= 11 is 0. The standard InChI is InChI=1S/C35H59N5O4/c1-9-10-16-28-34(7,8)35(28)18-27(31(43)36-19-23(2)41)40(22-35)29(42)20-37-32(44)30(33(4,5)6)38-24(3)25-13-12-17-39(21-25)26-14-11-15-26/h25-28,30,38,41H,2-3,9-22H2,1,4-8H3,(H,36,43)(H,37,44)/t25-,27-,28?,30+,35?/m0/s1. The largest absolute Gasteiger partial charge is 0.511 e. The molecule has 9 heteroatoms. The van der Waals surface area contributed by atoms with E-state index in [1.165, 1.54) is 19.3 Å². The van der Waals surface area contributed by atoms with Crippen LogP contribution in [0.2, 0.25) is 0 Å². The fourth-order valence-corrected chi connectivity index (χ4v) is 8.28. The highest BCUT2D eigenvalue weighted by atomic mass is 16.3. The van der Waals surface area contributed by atoms with Crippen molar-refractivity contribution >= 4 is 17.7 Å². The second-order valence-electron chi connectivity index (χ2n) is 15.7. The molecular weight excluding hydrogens is 554 g/mol. The number of carbonyl (C=O) groups is 3. The van der Waals surface area contributed by atoms with Crippen LogP contribution in [0.15, 0.2) is 24.6 Å². The van der Waals surface area contributed by atoms with E-state index >= 15 is 0 Å². The normalized spacial score (nSPS) is 29.0. The van der Waals surface area contributed by atoms with Crippen molar-refractivity contribution in [2.75, 3.05) is 32.7 Å². The van der Waals surface area contributed by atoms with Crippen LogP contribution in [0.5, 0.6) is 0 Å². The highest BCUT2D eigenvalue weighted by Gasteiger charge is 2.74. The zero-order chi connectivity index (χ0) is 32.4. The number of carbonyl (C=O) groups excluding carboxylic acids is 3. The fourth-order valence-electron chi connectivity index (χ4n) is 8.28. The molecule has 2 aliphatic carbocycles. The van der Waals surface area contributed by atoms with Gasteiger partial charge >= 0.3 is 0 Å². The van der Waals surface area contributed by atoms with E-state index in [-0.39, 0.29) is 47.4 Å². The van der Waals surface area contributed by atoms with Gasteiger partial charge in [-0.15, -0.1) is 0 Å². The average Bonchev–Trinajstić information content (AvgIpc) is 3.19. The first kappa shape index (κ1) is 34.3. The third kappa shape index (κ3) is 7.13. The lowest BCUT2D eigenvalue weighted by atomic mass is 9.84. The molecule has 2 saturated carbocycles. The molecule has 9 nitrogen and oxygen atoms in total. The minimum Gasteiger partial charge on any atom is -0.511 e. The van der Waals surface area contributed by atoms with Gasteiger partial charge in [-0.3, -0.25) is 19.3 Å². The number of aliphatic hydroxyl groups is 1. The highest BCUT2D eigenvalue weighted by Crippen LogP contribution is 2.75. The van der Waals surface area contributed by atoms with Crippen LogP contribution in [0.4, 0.5) is 0 Å². The summed E-state index contributed by atoms with van der Waals surface area (Å²) in [6, 6.07) is -0.507. The average molecular weight is 614 g/mol. The molecule has 2 aliphatic heterocycles. The molecular formula is C35H59N5O4. The van der Waals surface area contributed by atoms with Gasteiger partial charge in [0.15, 0.2) is 0 Å². The van der Waals surface area contributed by atoms with Gasteiger partial charge in [0.25, 0.3) is 0 Å². The summed E-state index contributed by atoms with van der Waals surface area (Å²) in [6.07, 6.45) is 9.96. The maximum absolute atomic E-state index is 13.7. The van der Waals surface area contributed by atoms with Crippen LogP contribution < -0.4 is 16.0 Å². The van der Waals surface area contributed by atoms with E-state index in [2.05, 4.69) is 54.8 Å². The van der Waals surface area contributed by atoms with Gasteiger partial charge in [-0.2, -0.15) is 0 Å². The Morgan fingerprint density at radius 1 is 1.05 bits per heavy atom. The van der Waals surface area contributed by atoms with Crippen molar-refractivity contribution in [1.29, 1.82) is 0 Å². The van der Waals surface area contributed by atoms with Crippen molar-refractivity contribution in [1.82, 2.24) is 25.8 Å². The minimum absolute atomic E-state index is 0.0223. The SMILES string of the molecule is C=C(O)CNC(=O)[C@@H]1CC2(CN1C(=O)CNC(=O)[C@@H](NC(=C)[C@H]1CCCN(C3CCC3)C1)C(C)(C)C)C(CCCC)C2(C)C. The van der Waals surface area contributed by atoms with E-state index in [0.29, 0.717) is 30.8 Å². The molecule has 0 aromatic carbocycles. The Bertz CT molecular complexity index is 1110. The van der Waals surface area contributed by atoms with Crippen LogP contribution in [0, 0.1) is 28.1 Å². The van der Waals surface area contributed by atoms with Gasteiger partial charge < -0.3 is 26.0 Å². The molecule has 5 atom stereocenters. The van der Waals surface area contributed by atoms with Crippen molar-refractivity contribution in [3.05, 3.63) is 24.6 Å². The summed E-state index contributed by atoms with van der Waals surface area (Å²) in [5, 5.41) is 18.7. The maximum Gasteiger partial charge on any atom is 0.243 e. The summed E-state index contributed by atoms with van der Waals surface area (Å²) in [4.78, 5) is 44.9. The summed E-state index contributed by atoms with van der Waals surface area (Å²) < 4.78 is 0. The van der Waals surface area contributed by atoms with E-state index in [4.69, 9.17) is 0 Å². The third-order valence-corrected chi connectivity index (χ3v) is 11.5. The predicted octanol–water partition coefficient (Wildman–Crippen LogP) is 4.51. The Morgan fingerprint density at radius 3 is 2.34 bits per heavy atom. The molecule has 4 N–H and O–H groups in total. The molecule has 4 fully saturated rings. The number of nitrogens with zero attached hydrogens (tertiary/aromatic N) is 2. The Labute approximate surface area is 265 Å². The van der Waals surface area contributed by atoms with Gasteiger partial charge in [-0.05, 0) is 67.2 Å². The molecule has 2 heterocycles. The summed E-state index contributed by atoms with van der Waals surface area (Å²) in [6.45, 7) is 23.0. The maximum atomic E-state index is 13.7. The Hall–Kier alpha value is -2.55. The smallest absolute Gasteiger partial charge is 0.243 e. The van der Waals surface area contributed by atoms with E-state index in [0.717, 1.165) is 50.9 Å². The molecule has 0 radical (unpaired) electrons. The Balaban J connectivity index is 1.41. The number of unbranched alkanes of at least 4 members (excludes halogenated alkanes) is 1. The first-order valence-electron chi connectivity index (χ1n) is 17.0. The number of amides is 3. The van der Waals surface area contributed by atoms with Crippen LogP contribution in [0.25, 0.3) is 0 Å². The highest BCUT2D eigenvalue weighted by molar-refractivity contribution is 5.92. The quantitative estimate of drug-likeness (QED) is 0.228. The number of hydrogen-bond donors (Lipinski definition) is 4. The van der Waals surface area contributed by atoms with Gasteiger partial charge in [0.1, 0.15) is 17.8 Å². The van der Waals surface area contributed by atoms with Crippen LogP contribution in [-0.2, 0) is 14.4 Å². The van der Waals surface area contributed by atoms with E-state index < -0.39 is 17.5 Å². The number of hydrogen-bond acceptors (Lipinski definition) is 6. The lowest BCUT2D eigenvalue weighted by Gasteiger charge is -2.43. The topological polar surface area (TPSA) is 114 Å². The number of piperidine rings is 1. The van der Waals surface area contributed by atoms with E-state index in [1.54, 1.807) is 4.90 Å². The Morgan fingerprint density at radius 2 is 1.75 bits per heavy atom. The number of rotatable bonds is 13. The molecule has 2 saturated heterocycles. The van der Waals surface area contributed by atoms with Crippen molar-refractivity contribution < 1.29 is 19.5 Å². The van der Waals surface area contributed by atoms with E-state index in [9.17, 15) is 19.5 Å². The van der Waals surface area contributed by atoms with Gasteiger partial charge in [0.2, 0.25) is 17.7 Å². The molecule has 4 aliphatic rings. The molecule has 0 aromatic rings. The number of likely N-dealkylation sites (tertiary alicyclic amines) is 2. The van der Waals surface area contributed by atoms with Crippen LogP contribution in [-0.4, -0.2) is 83.5 Å². The monoisotopic (exact) mass is 613 g/mol. The number of nitrogens with one attached hydrogen (secondary N) is 3. The summed E-state index contributed by atoms with van der Waals surface area (Å²) in [5.41, 5.74) is 0.387.